The Balaban J connectivity index is 2.39. The molecule has 0 fully saturated rings. The van der Waals surface area contributed by atoms with E-state index in [-0.39, 0.29) is 11.3 Å². The van der Waals surface area contributed by atoms with Gasteiger partial charge in [0.2, 0.25) is 5.78 Å². The van der Waals surface area contributed by atoms with Gasteiger partial charge in [0.05, 0.1) is 5.56 Å². The highest BCUT2D eigenvalue weighted by atomic mass is 35.5. The topological polar surface area (TPSA) is 43.1 Å². The largest absolute Gasteiger partial charge is 0.458 e. The zero-order valence-corrected chi connectivity index (χ0v) is 10.3. The first-order valence-electron chi connectivity index (χ1n) is 5.14. The second-order valence-electron chi connectivity index (χ2n) is 3.77. The normalized spacial score (nSPS) is 11.6. The van der Waals surface area contributed by atoms with E-state index < -0.39 is 22.8 Å². The van der Waals surface area contributed by atoms with Crippen LogP contribution in [0.2, 0.25) is 5.15 Å². The van der Waals surface area contributed by atoms with E-state index in [1.54, 1.807) is 13.0 Å². The highest BCUT2D eigenvalue weighted by Gasteiger charge is 2.33. The molecule has 0 aliphatic heterocycles. The molecule has 2 rings (SSSR count). The molecule has 0 saturated heterocycles. The summed E-state index contributed by atoms with van der Waals surface area (Å²) in [4.78, 5) is 15.1. The second-order valence-corrected chi connectivity index (χ2v) is 4.13. The first-order chi connectivity index (χ1) is 8.79. The Morgan fingerprint density at radius 3 is 2.42 bits per heavy atom. The molecule has 2 heterocycles. The molecule has 3 nitrogen and oxygen atoms in total. The molecule has 0 unspecified atom stereocenters. The number of ketones is 1. The number of halogens is 4. The van der Waals surface area contributed by atoms with Gasteiger partial charge >= 0.3 is 6.18 Å². The van der Waals surface area contributed by atoms with Crippen LogP contribution in [0.1, 0.15) is 27.6 Å². The van der Waals surface area contributed by atoms with Crippen LogP contribution in [0.25, 0.3) is 0 Å². The van der Waals surface area contributed by atoms with Crippen molar-refractivity contribution in [3.8, 4) is 0 Å². The quantitative estimate of drug-likeness (QED) is 0.622. The van der Waals surface area contributed by atoms with Gasteiger partial charge in [0.25, 0.3) is 0 Å². The van der Waals surface area contributed by atoms with Crippen molar-refractivity contribution in [2.24, 2.45) is 0 Å². The van der Waals surface area contributed by atoms with Gasteiger partial charge in [0, 0.05) is 0 Å². The summed E-state index contributed by atoms with van der Waals surface area (Å²) in [6, 6.07) is 4.68. The van der Waals surface area contributed by atoms with Crippen molar-refractivity contribution in [2.45, 2.75) is 13.1 Å². The number of aromatic nitrogens is 1. The molecule has 0 aromatic carbocycles. The third kappa shape index (κ3) is 2.78. The molecule has 0 saturated carbocycles. The van der Waals surface area contributed by atoms with E-state index in [0.717, 1.165) is 6.07 Å². The van der Waals surface area contributed by atoms with Gasteiger partial charge in [-0.3, -0.25) is 4.79 Å². The van der Waals surface area contributed by atoms with Crippen molar-refractivity contribution in [1.82, 2.24) is 4.98 Å². The van der Waals surface area contributed by atoms with Crippen molar-refractivity contribution < 1.29 is 22.4 Å². The van der Waals surface area contributed by atoms with Crippen LogP contribution in [0.5, 0.6) is 0 Å². The van der Waals surface area contributed by atoms with Gasteiger partial charge in [0.15, 0.2) is 5.76 Å². The number of pyridine rings is 1. The maximum absolute atomic E-state index is 12.4. The molecule has 0 radical (unpaired) electrons. The number of alkyl halides is 3. The van der Waals surface area contributed by atoms with Crippen molar-refractivity contribution in [3.05, 3.63) is 52.2 Å². The molecule has 0 aliphatic rings. The molecule has 0 aliphatic carbocycles. The summed E-state index contributed by atoms with van der Waals surface area (Å²) in [5.74, 6) is -0.0976. The Hall–Kier alpha value is -1.82. The summed E-state index contributed by atoms with van der Waals surface area (Å²) in [7, 11) is 0. The Morgan fingerprint density at radius 1 is 1.26 bits per heavy atom. The van der Waals surface area contributed by atoms with Crippen molar-refractivity contribution >= 4 is 17.4 Å². The van der Waals surface area contributed by atoms with E-state index in [0.29, 0.717) is 11.8 Å². The van der Waals surface area contributed by atoms with E-state index in [4.69, 9.17) is 16.0 Å². The van der Waals surface area contributed by atoms with E-state index in [9.17, 15) is 18.0 Å². The monoisotopic (exact) mass is 289 g/mol. The number of carbonyl (C=O) groups is 1. The van der Waals surface area contributed by atoms with Gasteiger partial charge in [0.1, 0.15) is 16.6 Å². The standard InChI is InChI=1S/C12H7ClF3NO2/c1-6-2-4-8(19-6)10(18)7-3-5-9(12(14,15)16)17-11(7)13/h2-5H,1H3. The van der Waals surface area contributed by atoms with Gasteiger partial charge in [-0.05, 0) is 31.2 Å². The third-order valence-electron chi connectivity index (χ3n) is 2.35. The fraction of sp³-hybridized carbons (Fsp3) is 0.167. The summed E-state index contributed by atoms with van der Waals surface area (Å²) >= 11 is 5.61. The second kappa shape index (κ2) is 4.70. The Labute approximate surface area is 111 Å². The van der Waals surface area contributed by atoms with Crippen LogP contribution in [0.15, 0.2) is 28.7 Å². The van der Waals surface area contributed by atoms with Gasteiger partial charge < -0.3 is 4.42 Å². The Morgan fingerprint density at radius 2 is 1.95 bits per heavy atom. The highest BCUT2D eigenvalue weighted by molar-refractivity contribution is 6.33. The average molecular weight is 290 g/mol. The summed E-state index contributed by atoms with van der Waals surface area (Å²) in [5, 5.41) is -0.506. The minimum atomic E-state index is -4.60. The van der Waals surface area contributed by atoms with Crippen molar-refractivity contribution in [1.29, 1.82) is 0 Å². The van der Waals surface area contributed by atoms with E-state index in [1.165, 1.54) is 6.07 Å². The SMILES string of the molecule is Cc1ccc(C(=O)c2ccc(C(F)(F)F)nc2Cl)o1. The van der Waals surface area contributed by atoms with Crippen LogP contribution in [-0.2, 0) is 6.18 Å². The minimum Gasteiger partial charge on any atom is -0.458 e. The average Bonchev–Trinajstić information content (AvgIpc) is 2.73. The zero-order chi connectivity index (χ0) is 14.2. The number of furan rings is 1. The summed E-state index contributed by atoms with van der Waals surface area (Å²) < 4.78 is 42.3. The van der Waals surface area contributed by atoms with Gasteiger partial charge in [-0.2, -0.15) is 13.2 Å². The lowest BCUT2D eigenvalue weighted by Gasteiger charge is -2.07. The van der Waals surface area contributed by atoms with Gasteiger partial charge in [-0.15, -0.1) is 0 Å². The van der Waals surface area contributed by atoms with E-state index >= 15 is 0 Å². The molecule has 100 valence electrons. The third-order valence-corrected chi connectivity index (χ3v) is 2.64. The van der Waals surface area contributed by atoms with Gasteiger partial charge in [-0.1, -0.05) is 11.6 Å². The molecule has 0 atom stereocenters. The molecule has 0 bridgehead atoms. The van der Waals surface area contributed by atoms with Crippen molar-refractivity contribution in [3.63, 3.8) is 0 Å². The maximum atomic E-state index is 12.4. The van der Waals surface area contributed by atoms with E-state index in [1.807, 2.05) is 0 Å². The molecule has 0 spiro atoms. The van der Waals surface area contributed by atoms with Crippen LogP contribution in [0.4, 0.5) is 13.2 Å². The number of hydrogen-bond donors (Lipinski definition) is 0. The molecule has 7 heteroatoms. The molecule has 2 aromatic heterocycles. The molecule has 19 heavy (non-hydrogen) atoms. The number of rotatable bonds is 2. The summed E-state index contributed by atoms with van der Waals surface area (Å²) in [5.41, 5.74) is -1.28. The predicted octanol–water partition coefficient (Wildman–Crippen LogP) is 3.89. The van der Waals surface area contributed by atoms with Crippen LogP contribution < -0.4 is 0 Å². The van der Waals surface area contributed by atoms with Crippen molar-refractivity contribution in [2.75, 3.05) is 0 Å². The first-order valence-corrected chi connectivity index (χ1v) is 5.51. The predicted molar refractivity (Wildman–Crippen MR) is 61.1 cm³/mol. The van der Waals surface area contributed by atoms with Crippen LogP contribution in [0.3, 0.4) is 0 Å². The lowest BCUT2D eigenvalue weighted by atomic mass is 10.1. The zero-order valence-electron chi connectivity index (χ0n) is 9.58. The van der Waals surface area contributed by atoms with Crippen LogP contribution >= 0.6 is 11.6 Å². The molecular weight excluding hydrogens is 283 g/mol. The summed E-state index contributed by atoms with van der Waals surface area (Å²) in [6.07, 6.45) is -4.60. The molecular formula is C12H7ClF3NO2. The fourth-order valence-electron chi connectivity index (χ4n) is 1.45. The number of carbonyl (C=O) groups excluding carboxylic acids is 1. The summed E-state index contributed by atoms with van der Waals surface area (Å²) in [6.45, 7) is 1.64. The fourth-order valence-corrected chi connectivity index (χ4v) is 1.69. The Kier molecular flexibility index (Phi) is 3.36. The number of aryl methyl sites for hydroxylation is 1. The lowest BCUT2D eigenvalue weighted by Crippen LogP contribution is -2.10. The highest BCUT2D eigenvalue weighted by Crippen LogP contribution is 2.30. The Bertz CT molecular complexity index is 634. The molecule has 0 amide bonds. The maximum Gasteiger partial charge on any atom is 0.433 e. The molecule has 2 aromatic rings. The number of hydrogen-bond acceptors (Lipinski definition) is 3. The lowest BCUT2D eigenvalue weighted by molar-refractivity contribution is -0.141. The number of nitrogens with zero attached hydrogens (tertiary/aromatic N) is 1. The first kappa shape index (κ1) is 13.6. The molecule has 0 N–H and O–H groups in total. The van der Waals surface area contributed by atoms with Gasteiger partial charge in [-0.25, -0.2) is 4.98 Å². The van der Waals surface area contributed by atoms with E-state index in [2.05, 4.69) is 4.98 Å². The minimum absolute atomic E-state index is 0.000888. The van der Waals surface area contributed by atoms with Crippen LogP contribution in [0, 0.1) is 6.92 Å². The smallest absolute Gasteiger partial charge is 0.433 e. The van der Waals surface area contributed by atoms with Crippen LogP contribution in [-0.4, -0.2) is 10.8 Å².